The fourth-order valence-electron chi connectivity index (χ4n) is 3.05. The third kappa shape index (κ3) is 2.60. The van der Waals surface area contributed by atoms with Crippen molar-refractivity contribution in [2.24, 2.45) is 0 Å². The van der Waals surface area contributed by atoms with E-state index in [0.717, 1.165) is 27.8 Å². The van der Waals surface area contributed by atoms with Crippen molar-refractivity contribution in [3.63, 3.8) is 0 Å². The molecular weight excluding hydrogens is 302 g/mol. The van der Waals surface area contributed by atoms with Crippen molar-refractivity contribution in [3.8, 4) is 22.3 Å². The van der Waals surface area contributed by atoms with Crippen LogP contribution in [0.2, 0.25) is 0 Å². The number of aryl methyl sites for hydroxylation is 2. The number of nitrogens with zero attached hydrogens (tertiary/aromatic N) is 2. The summed E-state index contributed by atoms with van der Waals surface area (Å²) >= 11 is 0. The molecule has 0 radical (unpaired) electrons. The van der Waals surface area contributed by atoms with Crippen LogP contribution in [0.4, 0.5) is 11.5 Å². The second-order valence-corrected chi connectivity index (χ2v) is 5.66. The summed E-state index contributed by atoms with van der Waals surface area (Å²) in [6.45, 7) is 4.07. The van der Waals surface area contributed by atoms with Gasteiger partial charge in [0.05, 0.1) is 10.5 Å². The van der Waals surface area contributed by atoms with E-state index in [1.54, 1.807) is 6.07 Å². The topological polar surface area (TPSA) is 82.0 Å². The van der Waals surface area contributed by atoms with Crippen LogP contribution in [0.15, 0.2) is 54.7 Å². The Labute approximate surface area is 139 Å². The summed E-state index contributed by atoms with van der Waals surface area (Å²) in [5.74, 6) is -0.0752. The van der Waals surface area contributed by atoms with Crippen molar-refractivity contribution in [2.75, 3.05) is 5.73 Å². The molecule has 0 saturated carbocycles. The van der Waals surface area contributed by atoms with Crippen LogP contribution in [0.5, 0.6) is 0 Å². The smallest absolute Gasteiger partial charge is 0.318 e. The van der Waals surface area contributed by atoms with E-state index in [2.05, 4.69) is 4.98 Å². The van der Waals surface area contributed by atoms with Gasteiger partial charge in [-0.25, -0.2) is 4.98 Å². The maximum Gasteiger partial charge on any atom is 0.318 e. The van der Waals surface area contributed by atoms with Crippen molar-refractivity contribution in [1.82, 2.24) is 4.98 Å². The quantitative estimate of drug-likeness (QED) is 0.568. The van der Waals surface area contributed by atoms with E-state index in [0.29, 0.717) is 5.56 Å². The van der Waals surface area contributed by atoms with Gasteiger partial charge < -0.3 is 5.73 Å². The van der Waals surface area contributed by atoms with Gasteiger partial charge in [-0.15, -0.1) is 0 Å². The highest BCUT2D eigenvalue weighted by Crippen LogP contribution is 2.40. The first kappa shape index (κ1) is 15.7. The summed E-state index contributed by atoms with van der Waals surface area (Å²) < 4.78 is 0. The molecule has 2 aromatic carbocycles. The first-order valence-corrected chi connectivity index (χ1v) is 7.55. The predicted octanol–water partition coefficient (Wildman–Crippen LogP) is 4.52. The summed E-state index contributed by atoms with van der Waals surface area (Å²) in [5, 5.41) is 11.5. The Balaban J connectivity index is 2.34. The van der Waals surface area contributed by atoms with E-state index in [1.165, 1.54) is 6.20 Å². The van der Waals surface area contributed by atoms with Crippen molar-refractivity contribution < 1.29 is 4.92 Å². The van der Waals surface area contributed by atoms with Crippen LogP contribution >= 0.6 is 0 Å². The number of hydrogen-bond acceptors (Lipinski definition) is 4. The van der Waals surface area contributed by atoms with E-state index in [4.69, 9.17) is 5.73 Å². The molecule has 0 saturated heterocycles. The highest BCUT2D eigenvalue weighted by atomic mass is 16.6. The number of nitrogen functional groups attached to an aromatic ring is 1. The normalized spacial score (nSPS) is 10.6. The Morgan fingerprint density at radius 2 is 1.54 bits per heavy atom. The largest absolute Gasteiger partial charge is 0.378 e. The number of pyridine rings is 1. The van der Waals surface area contributed by atoms with Crippen molar-refractivity contribution in [1.29, 1.82) is 0 Å². The lowest BCUT2D eigenvalue weighted by Crippen LogP contribution is -2.01. The molecule has 5 nitrogen and oxygen atoms in total. The Morgan fingerprint density at radius 3 is 2.17 bits per heavy atom. The lowest BCUT2D eigenvalue weighted by molar-refractivity contribution is -0.383. The SMILES string of the molecule is Cc1cccc(C)c1-c1ccccc1-c1ccnc(N)c1[N+](=O)[O-]. The molecule has 5 heteroatoms. The highest BCUT2D eigenvalue weighted by molar-refractivity contribution is 5.91. The molecule has 0 aliphatic rings. The van der Waals surface area contributed by atoms with E-state index < -0.39 is 4.92 Å². The third-order valence-corrected chi connectivity index (χ3v) is 4.10. The second-order valence-electron chi connectivity index (χ2n) is 5.66. The molecule has 1 heterocycles. The van der Waals surface area contributed by atoms with E-state index in [9.17, 15) is 10.1 Å². The average Bonchev–Trinajstić information content (AvgIpc) is 2.54. The minimum Gasteiger partial charge on any atom is -0.378 e. The Morgan fingerprint density at radius 1 is 0.917 bits per heavy atom. The van der Waals surface area contributed by atoms with Crippen molar-refractivity contribution in [3.05, 3.63) is 76.0 Å². The molecule has 0 atom stereocenters. The van der Waals surface area contributed by atoms with Gasteiger partial charge in [-0.05, 0) is 47.7 Å². The standard InChI is InChI=1S/C19H17N3O2/c1-12-6-5-7-13(2)17(12)15-9-4-3-8-14(15)16-10-11-21-19(20)18(16)22(23)24/h3-11H,1-2H3,(H2,20,21). The van der Waals surface area contributed by atoms with Gasteiger partial charge in [0, 0.05) is 6.20 Å². The molecule has 0 fully saturated rings. The number of anilines is 1. The van der Waals surface area contributed by atoms with Crippen LogP contribution in [0.25, 0.3) is 22.3 Å². The van der Waals surface area contributed by atoms with E-state index in [1.807, 2.05) is 56.3 Å². The molecule has 3 aromatic rings. The van der Waals surface area contributed by atoms with E-state index >= 15 is 0 Å². The van der Waals surface area contributed by atoms with Crippen molar-refractivity contribution >= 4 is 11.5 Å². The lowest BCUT2D eigenvalue weighted by Gasteiger charge is -2.15. The molecular formula is C19H17N3O2. The molecule has 0 bridgehead atoms. The number of nitrogens with two attached hydrogens (primary N) is 1. The van der Waals surface area contributed by atoms with Crippen LogP contribution in [0.1, 0.15) is 11.1 Å². The maximum atomic E-state index is 11.5. The first-order valence-electron chi connectivity index (χ1n) is 7.55. The first-order chi connectivity index (χ1) is 11.5. The van der Waals surface area contributed by atoms with Gasteiger partial charge >= 0.3 is 5.69 Å². The number of hydrogen-bond donors (Lipinski definition) is 1. The van der Waals surface area contributed by atoms with Gasteiger partial charge in [-0.2, -0.15) is 0 Å². The van der Waals surface area contributed by atoms with Crippen LogP contribution in [-0.4, -0.2) is 9.91 Å². The minimum absolute atomic E-state index is 0.0752. The number of aromatic nitrogens is 1. The number of nitro groups is 1. The maximum absolute atomic E-state index is 11.5. The van der Waals surface area contributed by atoms with Crippen LogP contribution in [0.3, 0.4) is 0 Å². The lowest BCUT2D eigenvalue weighted by atomic mass is 9.89. The molecule has 0 aliphatic heterocycles. The molecule has 1 aromatic heterocycles. The van der Waals surface area contributed by atoms with Crippen molar-refractivity contribution in [2.45, 2.75) is 13.8 Å². The molecule has 0 spiro atoms. The zero-order chi connectivity index (χ0) is 17.3. The predicted molar refractivity (Wildman–Crippen MR) is 95.6 cm³/mol. The number of rotatable bonds is 3. The summed E-state index contributed by atoms with van der Waals surface area (Å²) in [6, 6.07) is 15.4. The molecule has 3 rings (SSSR count). The van der Waals surface area contributed by atoms with Crippen LogP contribution in [0, 0.1) is 24.0 Å². The highest BCUT2D eigenvalue weighted by Gasteiger charge is 2.23. The summed E-state index contributed by atoms with van der Waals surface area (Å²) in [4.78, 5) is 14.9. The number of benzene rings is 2. The molecule has 120 valence electrons. The average molecular weight is 319 g/mol. The zero-order valence-electron chi connectivity index (χ0n) is 13.5. The molecule has 0 unspecified atom stereocenters. The molecule has 2 N–H and O–H groups in total. The summed E-state index contributed by atoms with van der Waals surface area (Å²) in [6.07, 6.45) is 1.50. The Kier molecular flexibility index (Phi) is 4.00. The van der Waals surface area contributed by atoms with Gasteiger partial charge in [0.15, 0.2) is 0 Å². The van der Waals surface area contributed by atoms with Gasteiger partial charge in [0.25, 0.3) is 0 Å². The molecule has 0 aliphatic carbocycles. The van der Waals surface area contributed by atoms with Gasteiger partial charge in [-0.3, -0.25) is 10.1 Å². The molecule has 0 amide bonds. The monoisotopic (exact) mass is 319 g/mol. The van der Waals surface area contributed by atoms with E-state index in [-0.39, 0.29) is 11.5 Å². The summed E-state index contributed by atoms with van der Waals surface area (Å²) in [7, 11) is 0. The fourth-order valence-corrected chi connectivity index (χ4v) is 3.05. The minimum atomic E-state index is -0.473. The molecule has 24 heavy (non-hydrogen) atoms. The Hall–Kier alpha value is -3.21. The summed E-state index contributed by atoms with van der Waals surface area (Å²) in [5.41, 5.74) is 11.1. The van der Waals surface area contributed by atoms with Gasteiger partial charge in [0.1, 0.15) is 0 Å². The third-order valence-electron chi connectivity index (χ3n) is 4.10. The fraction of sp³-hybridized carbons (Fsp3) is 0.105. The Bertz CT molecular complexity index is 915. The zero-order valence-corrected chi connectivity index (χ0v) is 13.5. The van der Waals surface area contributed by atoms with Gasteiger partial charge in [-0.1, -0.05) is 42.5 Å². The van der Waals surface area contributed by atoms with Crippen LogP contribution in [-0.2, 0) is 0 Å². The van der Waals surface area contributed by atoms with Gasteiger partial charge in [0.2, 0.25) is 5.82 Å². The van der Waals surface area contributed by atoms with Crippen LogP contribution < -0.4 is 5.73 Å². The second kappa shape index (κ2) is 6.12.